The van der Waals surface area contributed by atoms with Gasteiger partial charge in [-0.05, 0) is 47.3 Å². The first-order valence-electron chi connectivity index (χ1n) is 10.3. The van der Waals surface area contributed by atoms with E-state index < -0.39 is 67.4 Å². The predicted octanol–water partition coefficient (Wildman–Crippen LogP) is 4.05. The fourth-order valence-electron chi connectivity index (χ4n) is 3.47. The smallest absolute Gasteiger partial charge is 0.296 e. The zero-order valence-electron chi connectivity index (χ0n) is 22.4. The number of halogens is 3. The number of phenolic OH excluding ortho intramolecular Hbond substituents is 1. The van der Waals surface area contributed by atoms with Crippen LogP contribution in [0.15, 0.2) is 67.4 Å². The first-order valence-corrected chi connectivity index (χ1v) is 15.8. The van der Waals surface area contributed by atoms with Crippen molar-refractivity contribution in [2.24, 2.45) is 10.2 Å². The Morgan fingerprint density at radius 2 is 1.34 bits per heavy atom. The van der Waals surface area contributed by atoms with Gasteiger partial charge in [-0.25, -0.2) is 4.98 Å². The van der Waals surface area contributed by atoms with Gasteiger partial charge in [-0.15, -0.1) is 10.2 Å². The Morgan fingerprint density at radius 1 is 0.750 bits per heavy atom. The number of phenols is 1. The molecule has 1 aromatic heterocycles. The average Bonchev–Trinajstić information content (AvgIpc) is 2.84. The summed E-state index contributed by atoms with van der Waals surface area (Å²) in [5, 5.41) is 19.1. The second-order valence-corrected chi connectivity index (χ2v) is 13.1. The van der Waals surface area contributed by atoms with Crippen LogP contribution in [0.1, 0.15) is 0 Å². The van der Waals surface area contributed by atoms with E-state index in [2.05, 4.69) is 25.5 Å². The minimum atomic E-state index is -5.22. The number of fused-ring (bicyclic) bond motifs is 1. The van der Waals surface area contributed by atoms with Crippen LogP contribution in [0.5, 0.6) is 5.75 Å². The molecule has 0 saturated heterocycles. The molecule has 219 valence electrons. The molecule has 0 unspecified atom stereocenters. The molecule has 0 aliphatic rings. The van der Waals surface area contributed by atoms with Gasteiger partial charge in [0.1, 0.15) is 26.2 Å². The van der Waals surface area contributed by atoms with E-state index in [4.69, 9.17) is 34.8 Å². The van der Waals surface area contributed by atoms with Crippen molar-refractivity contribution in [2.45, 2.75) is 14.7 Å². The molecule has 4 aromatic rings. The Labute approximate surface area is 330 Å². The van der Waals surface area contributed by atoms with E-state index in [1.54, 1.807) is 0 Å². The third-order valence-corrected chi connectivity index (χ3v) is 8.63. The second kappa shape index (κ2) is 15.8. The van der Waals surface area contributed by atoms with E-state index in [-0.39, 0.29) is 121 Å². The number of hydrogen-bond acceptors (Lipinski definition) is 12. The molecule has 0 spiro atoms. The first-order chi connectivity index (χ1) is 18.9. The molecular weight excluding hydrogens is 742 g/mol. The van der Waals surface area contributed by atoms with E-state index in [0.29, 0.717) is 6.07 Å². The fourth-order valence-corrected chi connectivity index (χ4v) is 5.80. The molecule has 0 amide bonds. The molecule has 3 aromatic carbocycles. The SMILES string of the molecule is O=S(=O)(O)c1cc(Nc2nc(Cl)nc(Cl)c2Cl)c2c(O)c(N=Nc3ccccc3S(=O)(=O)O)c(S(=O)(=O)O)cc2c1.[Na].[Na].[Na]. The minimum Gasteiger partial charge on any atom is -0.505 e. The van der Waals surface area contributed by atoms with E-state index >= 15 is 0 Å². The van der Waals surface area contributed by atoms with Gasteiger partial charge in [0.25, 0.3) is 30.4 Å². The van der Waals surface area contributed by atoms with Crippen LogP contribution in [-0.2, 0) is 30.4 Å². The average molecular weight is 754 g/mol. The Hall–Kier alpha value is -0.200. The van der Waals surface area contributed by atoms with Crippen molar-refractivity contribution in [2.75, 3.05) is 5.32 Å². The summed E-state index contributed by atoms with van der Waals surface area (Å²) in [4.78, 5) is 4.83. The minimum absolute atomic E-state index is 0. The van der Waals surface area contributed by atoms with Crippen molar-refractivity contribution in [3.63, 3.8) is 0 Å². The Morgan fingerprint density at radius 3 is 1.91 bits per heavy atom. The zero-order chi connectivity index (χ0) is 30.5. The molecule has 44 heavy (non-hydrogen) atoms. The van der Waals surface area contributed by atoms with Crippen LogP contribution in [0.3, 0.4) is 0 Å². The van der Waals surface area contributed by atoms with E-state index in [1.807, 2.05) is 0 Å². The summed E-state index contributed by atoms with van der Waals surface area (Å²) in [6.45, 7) is 0. The number of benzene rings is 3. The molecule has 0 atom stereocenters. The number of anilines is 2. The van der Waals surface area contributed by atoms with E-state index in [9.17, 15) is 44.0 Å². The monoisotopic (exact) mass is 752 g/mol. The van der Waals surface area contributed by atoms with Crippen LogP contribution >= 0.6 is 34.8 Å². The Bertz CT molecular complexity index is 2130. The first kappa shape index (κ1) is 41.8. The summed E-state index contributed by atoms with van der Waals surface area (Å²) in [5.74, 6) is -1.34. The van der Waals surface area contributed by atoms with Crippen molar-refractivity contribution in [3.05, 3.63) is 57.9 Å². The topological polar surface area (TPSA) is 246 Å². The third kappa shape index (κ3) is 9.45. The van der Waals surface area contributed by atoms with Crippen LogP contribution in [0.4, 0.5) is 22.9 Å². The quantitative estimate of drug-likeness (QED) is 0.0589. The largest absolute Gasteiger partial charge is 0.505 e. The number of hydrogen-bond donors (Lipinski definition) is 5. The third-order valence-electron chi connectivity index (χ3n) is 5.14. The number of azo groups is 1. The van der Waals surface area contributed by atoms with Gasteiger partial charge in [0, 0.05) is 94.1 Å². The Balaban J connectivity index is 0.00000323. The second-order valence-electron chi connectivity index (χ2n) is 7.80. The predicted molar refractivity (Wildman–Crippen MR) is 163 cm³/mol. The number of rotatable bonds is 7. The maximum Gasteiger partial charge on any atom is 0.296 e. The van der Waals surface area contributed by atoms with Crippen molar-refractivity contribution in [1.82, 2.24) is 9.97 Å². The van der Waals surface area contributed by atoms with Crippen molar-refractivity contribution in [3.8, 4) is 5.75 Å². The number of aromatic nitrogens is 2. The summed E-state index contributed by atoms with van der Waals surface area (Å²) in [6.07, 6.45) is 0. The van der Waals surface area contributed by atoms with Crippen LogP contribution in [-0.4, -0.2) is 143 Å². The summed E-state index contributed by atoms with van der Waals surface area (Å²) in [5.41, 5.74) is -1.79. The van der Waals surface area contributed by atoms with E-state index in [0.717, 1.165) is 24.3 Å². The molecule has 0 aliphatic heterocycles. The maximum absolute atomic E-state index is 12.2. The maximum atomic E-state index is 12.2. The molecule has 0 saturated carbocycles. The molecule has 1 heterocycles. The van der Waals surface area contributed by atoms with Gasteiger partial charge in [-0.1, -0.05) is 35.3 Å². The zero-order valence-corrected chi connectivity index (χ0v) is 33.1. The molecule has 0 aliphatic carbocycles. The summed E-state index contributed by atoms with van der Waals surface area (Å²) < 4.78 is 101. The van der Waals surface area contributed by atoms with Crippen molar-refractivity contribution >= 4 is 187 Å². The van der Waals surface area contributed by atoms with Crippen LogP contribution < -0.4 is 5.32 Å². The van der Waals surface area contributed by atoms with Crippen molar-refractivity contribution < 1.29 is 44.0 Å². The van der Waals surface area contributed by atoms with Crippen LogP contribution in [0, 0.1) is 0 Å². The number of nitrogens with one attached hydrogen (secondary N) is 1. The van der Waals surface area contributed by atoms with Crippen LogP contribution in [0.25, 0.3) is 10.8 Å². The van der Waals surface area contributed by atoms with Gasteiger partial charge in [0.05, 0.1) is 10.6 Å². The van der Waals surface area contributed by atoms with Gasteiger partial charge >= 0.3 is 0 Å². The molecule has 0 bridgehead atoms. The molecule has 0 fully saturated rings. The van der Waals surface area contributed by atoms with Gasteiger partial charge in [0.2, 0.25) is 5.28 Å². The summed E-state index contributed by atoms with van der Waals surface area (Å²) in [6, 6.07) is 6.88. The normalized spacial score (nSPS) is 11.9. The Kier molecular flexibility index (Phi) is 15.0. The van der Waals surface area contributed by atoms with Crippen molar-refractivity contribution in [1.29, 1.82) is 0 Å². The summed E-state index contributed by atoms with van der Waals surface area (Å²) >= 11 is 17.8. The molecule has 4 rings (SSSR count). The molecule has 3 radical (unpaired) electrons. The van der Waals surface area contributed by atoms with Crippen LogP contribution in [0.2, 0.25) is 15.5 Å². The standard InChI is InChI=1S/C20H12Cl3N5O10S3.3Na/c21-15-18(22)25-20(23)26-19(15)24-11-7-9(39(30,31)32)5-8-6-13(41(36,37)38)16(17(29)14(8)11)28-27-10-3-1-2-4-12(10)40(33,34)35;;;/h1-7,29H,(H,24,25,26)(H,30,31,32)(H,33,34,35)(H,36,37,38);;;. The fraction of sp³-hybridized carbons (Fsp3) is 0. The summed E-state index contributed by atoms with van der Waals surface area (Å²) in [7, 11) is -15.0. The number of aromatic hydroxyl groups is 1. The van der Waals surface area contributed by atoms with E-state index in [1.165, 1.54) is 12.1 Å². The molecule has 15 nitrogen and oxygen atoms in total. The molecule has 5 N–H and O–H groups in total. The van der Waals surface area contributed by atoms with Gasteiger partial charge < -0.3 is 10.4 Å². The van der Waals surface area contributed by atoms with Gasteiger partial charge in [-0.3, -0.25) is 13.7 Å². The number of nitrogens with zero attached hydrogens (tertiary/aromatic N) is 4. The molecule has 24 heteroatoms. The van der Waals surface area contributed by atoms with Gasteiger partial charge in [0.15, 0.2) is 16.7 Å². The molecular formula is C20H12Cl3N5Na3O10S3. The van der Waals surface area contributed by atoms with Gasteiger partial charge in [-0.2, -0.15) is 30.2 Å².